The molecule has 0 saturated carbocycles. The number of benzene rings is 2. The van der Waals surface area contributed by atoms with Crippen LogP contribution in [0.25, 0.3) is 0 Å². The molecule has 0 aromatic heterocycles. The summed E-state index contributed by atoms with van der Waals surface area (Å²) in [5, 5.41) is 0. The van der Waals surface area contributed by atoms with Gasteiger partial charge in [-0.2, -0.15) is 0 Å². The molecule has 0 spiro atoms. The molecular formula is C15H15BrN2. The van der Waals surface area contributed by atoms with E-state index in [-0.39, 0.29) is 0 Å². The van der Waals surface area contributed by atoms with Gasteiger partial charge < -0.3 is 10.6 Å². The van der Waals surface area contributed by atoms with E-state index in [1.165, 1.54) is 22.4 Å². The van der Waals surface area contributed by atoms with E-state index in [1.54, 1.807) is 0 Å². The Kier molecular flexibility index (Phi) is 2.78. The topological polar surface area (TPSA) is 29.3 Å². The first-order valence-corrected chi connectivity index (χ1v) is 6.82. The molecule has 3 heteroatoms. The Balaban J connectivity index is 1.99. The summed E-state index contributed by atoms with van der Waals surface area (Å²) < 4.78 is 1.12. The lowest BCUT2D eigenvalue weighted by molar-refractivity contribution is 0.875. The zero-order chi connectivity index (χ0) is 12.7. The summed E-state index contributed by atoms with van der Waals surface area (Å²) >= 11 is 3.54. The molecule has 2 aromatic rings. The van der Waals surface area contributed by atoms with Crippen LogP contribution in [-0.4, -0.2) is 0 Å². The van der Waals surface area contributed by atoms with Crippen molar-refractivity contribution in [2.45, 2.75) is 20.0 Å². The SMILES string of the molecule is Cc1ccc(Br)cc1N1Cc2cccc(N)c2C1. The van der Waals surface area contributed by atoms with Crippen LogP contribution in [0.5, 0.6) is 0 Å². The van der Waals surface area contributed by atoms with Crippen LogP contribution >= 0.6 is 15.9 Å². The van der Waals surface area contributed by atoms with Crippen molar-refractivity contribution in [3.63, 3.8) is 0 Å². The third-order valence-electron chi connectivity index (χ3n) is 3.53. The summed E-state index contributed by atoms with van der Waals surface area (Å²) in [7, 11) is 0. The molecule has 0 atom stereocenters. The zero-order valence-corrected chi connectivity index (χ0v) is 11.9. The monoisotopic (exact) mass is 302 g/mol. The molecule has 18 heavy (non-hydrogen) atoms. The van der Waals surface area contributed by atoms with Crippen LogP contribution in [0, 0.1) is 6.92 Å². The molecule has 0 fully saturated rings. The Morgan fingerprint density at radius 3 is 2.78 bits per heavy atom. The molecule has 3 rings (SSSR count). The normalized spacial score (nSPS) is 13.8. The second kappa shape index (κ2) is 4.32. The van der Waals surface area contributed by atoms with Gasteiger partial charge in [0.2, 0.25) is 0 Å². The van der Waals surface area contributed by atoms with Crippen LogP contribution < -0.4 is 10.6 Å². The maximum Gasteiger partial charge on any atom is 0.0457 e. The van der Waals surface area contributed by atoms with Crippen molar-refractivity contribution in [3.8, 4) is 0 Å². The molecule has 0 aliphatic carbocycles. The molecular weight excluding hydrogens is 288 g/mol. The fourth-order valence-electron chi connectivity index (χ4n) is 2.54. The number of nitrogens with two attached hydrogens (primary N) is 1. The smallest absolute Gasteiger partial charge is 0.0457 e. The predicted molar refractivity (Wildman–Crippen MR) is 79.6 cm³/mol. The van der Waals surface area contributed by atoms with E-state index >= 15 is 0 Å². The average Bonchev–Trinajstić information content (AvgIpc) is 2.77. The molecule has 92 valence electrons. The number of halogens is 1. The lowest BCUT2D eigenvalue weighted by atomic mass is 10.1. The Hall–Kier alpha value is -1.48. The van der Waals surface area contributed by atoms with E-state index in [0.717, 1.165) is 23.2 Å². The first kappa shape index (κ1) is 11.6. The van der Waals surface area contributed by atoms with Gasteiger partial charge in [-0.15, -0.1) is 0 Å². The highest BCUT2D eigenvalue weighted by Crippen LogP contribution is 2.34. The Morgan fingerprint density at radius 1 is 1.17 bits per heavy atom. The second-order valence-corrected chi connectivity index (χ2v) is 5.69. The number of hydrogen-bond donors (Lipinski definition) is 1. The van der Waals surface area contributed by atoms with Gasteiger partial charge in [-0.3, -0.25) is 0 Å². The minimum atomic E-state index is 0.902. The highest BCUT2D eigenvalue weighted by atomic mass is 79.9. The molecule has 1 aliphatic heterocycles. The van der Waals surface area contributed by atoms with Gasteiger partial charge in [0.05, 0.1) is 0 Å². The van der Waals surface area contributed by atoms with Crippen molar-refractivity contribution in [3.05, 3.63) is 57.6 Å². The molecule has 2 nitrogen and oxygen atoms in total. The minimum Gasteiger partial charge on any atom is -0.398 e. The van der Waals surface area contributed by atoms with Gasteiger partial charge in [-0.25, -0.2) is 0 Å². The number of nitrogen functional groups attached to an aromatic ring is 1. The van der Waals surface area contributed by atoms with Gasteiger partial charge in [0, 0.05) is 28.9 Å². The van der Waals surface area contributed by atoms with Gasteiger partial charge >= 0.3 is 0 Å². The number of fused-ring (bicyclic) bond motifs is 1. The van der Waals surface area contributed by atoms with Crippen molar-refractivity contribution >= 4 is 27.3 Å². The minimum absolute atomic E-state index is 0.902. The van der Waals surface area contributed by atoms with Gasteiger partial charge in [-0.1, -0.05) is 34.1 Å². The maximum atomic E-state index is 6.04. The molecule has 1 aliphatic rings. The maximum absolute atomic E-state index is 6.04. The van der Waals surface area contributed by atoms with E-state index in [0.29, 0.717) is 0 Å². The summed E-state index contributed by atoms with van der Waals surface area (Å²) in [6.45, 7) is 3.99. The van der Waals surface area contributed by atoms with Crippen molar-refractivity contribution < 1.29 is 0 Å². The summed E-state index contributed by atoms with van der Waals surface area (Å²) in [4.78, 5) is 2.38. The van der Waals surface area contributed by atoms with Gasteiger partial charge in [-0.05, 0) is 41.8 Å². The molecule has 0 bridgehead atoms. The Morgan fingerprint density at radius 2 is 2.00 bits per heavy atom. The van der Waals surface area contributed by atoms with Crippen LogP contribution in [0.3, 0.4) is 0 Å². The van der Waals surface area contributed by atoms with E-state index in [1.807, 2.05) is 12.1 Å². The van der Waals surface area contributed by atoms with Crippen molar-refractivity contribution in [2.75, 3.05) is 10.6 Å². The molecule has 2 N–H and O–H groups in total. The Labute approximate surface area is 116 Å². The highest BCUT2D eigenvalue weighted by Gasteiger charge is 2.21. The molecule has 0 saturated heterocycles. The fraction of sp³-hybridized carbons (Fsp3) is 0.200. The first-order valence-electron chi connectivity index (χ1n) is 6.02. The third-order valence-corrected chi connectivity index (χ3v) is 4.02. The van der Waals surface area contributed by atoms with Crippen LogP contribution in [0.15, 0.2) is 40.9 Å². The third kappa shape index (κ3) is 1.89. The van der Waals surface area contributed by atoms with Gasteiger partial charge in [0.15, 0.2) is 0 Å². The standard InChI is InChI=1S/C15H15BrN2/c1-10-5-6-12(16)7-15(10)18-8-11-3-2-4-14(17)13(11)9-18/h2-7H,8-9,17H2,1H3. The van der Waals surface area contributed by atoms with Crippen molar-refractivity contribution in [1.82, 2.24) is 0 Å². The van der Waals surface area contributed by atoms with Crippen LogP contribution in [0.2, 0.25) is 0 Å². The number of anilines is 2. The molecule has 2 aromatic carbocycles. The number of rotatable bonds is 1. The van der Waals surface area contributed by atoms with Gasteiger partial charge in [0.1, 0.15) is 0 Å². The van der Waals surface area contributed by atoms with E-state index in [2.05, 4.69) is 52.0 Å². The Bertz CT molecular complexity index is 607. The van der Waals surface area contributed by atoms with Crippen LogP contribution in [0.1, 0.15) is 16.7 Å². The molecule has 0 amide bonds. The van der Waals surface area contributed by atoms with E-state index in [4.69, 9.17) is 5.73 Å². The summed E-state index contributed by atoms with van der Waals surface area (Å²) in [5.74, 6) is 0. The number of nitrogens with zero attached hydrogens (tertiary/aromatic N) is 1. The van der Waals surface area contributed by atoms with Crippen molar-refractivity contribution in [2.24, 2.45) is 0 Å². The first-order chi connectivity index (χ1) is 8.65. The van der Waals surface area contributed by atoms with E-state index in [9.17, 15) is 0 Å². The summed E-state index contributed by atoms with van der Waals surface area (Å²) in [6.07, 6.45) is 0. The highest BCUT2D eigenvalue weighted by molar-refractivity contribution is 9.10. The lowest BCUT2D eigenvalue weighted by Crippen LogP contribution is -2.15. The molecule has 0 radical (unpaired) electrons. The molecule has 0 unspecified atom stereocenters. The second-order valence-electron chi connectivity index (χ2n) is 4.77. The largest absolute Gasteiger partial charge is 0.398 e. The van der Waals surface area contributed by atoms with Gasteiger partial charge in [0.25, 0.3) is 0 Å². The predicted octanol–water partition coefficient (Wildman–Crippen LogP) is 3.86. The lowest BCUT2D eigenvalue weighted by Gasteiger charge is -2.20. The van der Waals surface area contributed by atoms with Crippen molar-refractivity contribution in [1.29, 1.82) is 0 Å². The van der Waals surface area contributed by atoms with Crippen LogP contribution in [0.4, 0.5) is 11.4 Å². The zero-order valence-electron chi connectivity index (χ0n) is 10.3. The van der Waals surface area contributed by atoms with Crippen LogP contribution in [-0.2, 0) is 13.1 Å². The quantitative estimate of drug-likeness (QED) is 0.811. The summed E-state index contributed by atoms with van der Waals surface area (Å²) in [6, 6.07) is 12.6. The number of aryl methyl sites for hydroxylation is 1. The number of hydrogen-bond acceptors (Lipinski definition) is 2. The van der Waals surface area contributed by atoms with E-state index < -0.39 is 0 Å². The average molecular weight is 303 g/mol. The molecule has 1 heterocycles. The summed E-state index contributed by atoms with van der Waals surface area (Å²) in [5.41, 5.74) is 12.1. The fourth-order valence-corrected chi connectivity index (χ4v) is 2.89.